The van der Waals surface area contributed by atoms with Crippen LogP contribution in [0.2, 0.25) is 0 Å². The predicted molar refractivity (Wildman–Crippen MR) is 75.8 cm³/mol. The number of hydrogen-bond donors (Lipinski definition) is 1. The zero-order valence-corrected chi connectivity index (χ0v) is 11.6. The fraction of sp³-hybridized carbons (Fsp3) is 0.571. The molecule has 3 rings (SSSR count). The number of imidazole rings is 2. The van der Waals surface area contributed by atoms with Crippen molar-refractivity contribution in [2.45, 2.75) is 52.1 Å². The Hall–Kier alpha value is -1.78. The SMILES string of the molecule is CCCn1c(CC)nc(-c2cncn2C2CC2)c1N. The van der Waals surface area contributed by atoms with Gasteiger partial charge >= 0.3 is 0 Å². The Kier molecular flexibility index (Phi) is 3.05. The third-order valence-corrected chi connectivity index (χ3v) is 3.70. The van der Waals surface area contributed by atoms with Crippen LogP contribution < -0.4 is 5.73 Å². The second-order valence-corrected chi connectivity index (χ2v) is 5.18. The van der Waals surface area contributed by atoms with Gasteiger partial charge < -0.3 is 14.9 Å². The van der Waals surface area contributed by atoms with Gasteiger partial charge in [-0.25, -0.2) is 9.97 Å². The van der Waals surface area contributed by atoms with Gasteiger partial charge in [-0.15, -0.1) is 0 Å². The summed E-state index contributed by atoms with van der Waals surface area (Å²) in [6.45, 7) is 5.21. The minimum Gasteiger partial charge on any atom is -0.383 e. The van der Waals surface area contributed by atoms with E-state index in [4.69, 9.17) is 10.7 Å². The number of aromatic nitrogens is 4. The second kappa shape index (κ2) is 4.72. The molecule has 2 heterocycles. The predicted octanol–water partition coefficient (Wildman–Crippen LogP) is 2.64. The average molecular weight is 259 g/mol. The highest BCUT2D eigenvalue weighted by atomic mass is 15.2. The van der Waals surface area contributed by atoms with Crippen LogP contribution >= 0.6 is 0 Å². The van der Waals surface area contributed by atoms with Gasteiger partial charge in [0.1, 0.15) is 17.3 Å². The van der Waals surface area contributed by atoms with Crippen LogP contribution in [-0.4, -0.2) is 19.1 Å². The van der Waals surface area contributed by atoms with Gasteiger partial charge in [-0.1, -0.05) is 13.8 Å². The molecule has 0 bridgehead atoms. The fourth-order valence-electron chi connectivity index (χ4n) is 2.58. The highest BCUT2D eigenvalue weighted by molar-refractivity contribution is 5.68. The van der Waals surface area contributed by atoms with Crippen molar-refractivity contribution in [3.63, 3.8) is 0 Å². The van der Waals surface area contributed by atoms with Gasteiger partial charge in [0, 0.05) is 19.0 Å². The van der Waals surface area contributed by atoms with Gasteiger partial charge in [-0.3, -0.25) is 0 Å². The molecule has 0 aromatic carbocycles. The summed E-state index contributed by atoms with van der Waals surface area (Å²) in [4.78, 5) is 9.01. The maximum absolute atomic E-state index is 6.31. The van der Waals surface area contributed by atoms with Gasteiger partial charge in [-0.05, 0) is 19.3 Å². The zero-order chi connectivity index (χ0) is 13.4. The van der Waals surface area contributed by atoms with Gasteiger partial charge in [-0.2, -0.15) is 0 Å². The third kappa shape index (κ3) is 2.03. The molecule has 1 aliphatic rings. The summed E-state index contributed by atoms with van der Waals surface area (Å²) >= 11 is 0. The van der Waals surface area contributed by atoms with Crippen molar-refractivity contribution in [1.82, 2.24) is 19.1 Å². The smallest absolute Gasteiger partial charge is 0.133 e. The van der Waals surface area contributed by atoms with E-state index in [1.165, 1.54) is 12.8 Å². The monoisotopic (exact) mass is 259 g/mol. The molecule has 0 atom stereocenters. The van der Waals surface area contributed by atoms with Crippen molar-refractivity contribution < 1.29 is 0 Å². The molecule has 5 heteroatoms. The van der Waals surface area contributed by atoms with Crippen LogP contribution in [0.4, 0.5) is 5.82 Å². The van der Waals surface area contributed by atoms with Crippen LogP contribution in [0, 0.1) is 0 Å². The number of rotatable bonds is 5. The molecule has 2 aromatic rings. The summed E-state index contributed by atoms with van der Waals surface area (Å²) in [6, 6.07) is 0.596. The standard InChI is InChI=1S/C14H21N5/c1-3-7-18-12(4-2)17-13(14(18)15)11-8-16-9-19(11)10-5-6-10/h8-10H,3-7,15H2,1-2H3. The van der Waals surface area contributed by atoms with Crippen molar-refractivity contribution >= 4 is 5.82 Å². The van der Waals surface area contributed by atoms with E-state index < -0.39 is 0 Å². The lowest BCUT2D eigenvalue weighted by Crippen LogP contribution is -2.06. The molecule has 0 amide bonds. The number of nitrogens with two attached hydrogens (primary N) is 1. The van der Waals surface area contributed by atoms with E-state index in [0.29, 0.717) is 6.04 Å². The second-order valence-electron chi connectivity index (χ2n) is 5.18. The molecular formula is C14H21N5. The van der Waals surface area contributed by atoms with Crippen molar-refractivity contribution in [3.8, 4) is 11.4 Å². The highest BCUT2D eigenvalue weighted by Crippen LogP contribution is 2.39. The molecule has 1 aliphatic carbocycles. The lowest BCUT2D eigenvalue weighted by Gasteiger charge is -2.07. The molecule has 102 valence electrons. The Bertz CT molecular complexity index is 577. The Labute approximate surface area is 113 Å². The van der Waals surface area contributed by atoms with Crippen LogP contribution in [0.5, 0.6) is 0 Å². The van der Waals surface area contributed by atoms with Crippen LogP contribution in [0.15, 0.2) is 12.5 Å². The minimum atomic E-state index is 0.596. The van der Waals surface area contributed by atoms with E-state index in [-0.39, 0.29) is 0 Å². The molecule has 0 spiro atoms. The molecule has 2 N–H and O–H groups in total. The number of hydrogen-bond acceptors (Lipinski definition) is 3. The average Bonchev–Trinajstić information content (AvgIpc) is 3.07. The third-order valence-electron chi connectivity index (χ3n) is 3.70. The lowest BCUT2D eigenvalue weighted by molar-refractivity contribution is 0.650. The van der Waals surface area contributed by atoms with Gasteiger partial charge in [0.15, 0.2) is 0 Å². The molecule has 0 aliphatic heterocycles. The molecule has 19 heavy (non-hydrogen) atoms. The first-order valence-corrected chi connectivity index (χ1v) is 7.13. The summed E-state index contributed by atoms with van der Waals surface area (Å²) < 4.78 is 4.36. The summed E-state index contributed by atoms with van der Waals surface area (Å²) in [6.07, 6.45) is 8.22. The minimum absolute atomic E-state index is 0.596. The lowest BCUT2D eigenvalue weighted by atomic mass is 10.3. The maximum atomic E-state index is 6.31. The number of anilines is 1. The van der Waals surface area contributed by atoms with Crippen LogP contribution in [-0.2, 0) is 13.0 Å². The van der Waals surface area contributed by atoms with E-state index in [2.05, 4.69) is 28.0 Å². The van der Waals surface area contributed by atoms with Crippen molar-refractivity contribution in [2.24, 2.45) is 0 Å². The summed E-state index contributed by atoms with van der Waals surface area (Å²) in [5.74, 6) is 1.85. The molecule has 2 aromatic heterocycles. The van der Waals surface area contributed by atoms with E-state index in [0.717, 1.165) is 42.4 Å². The van der Waals surface area contributed by atoms with Gasteiger partial charge in [0.25, 0.3) is 0 Å². The normalized spacial score (nSPS) is 15.1. The zero-order valence-electron chi connectivity index (χ0n) is 11.6. The number of aryl methyl sites for hydroxylation is 1. The fourth-order valence-corrected chi connectivity index (χ4v) is 2.58. The van der Waals surface area contributed by atoms with Crippen molar-refractivity contribution in [1.29, 1.82) is 0 Å². The van der Waals surface area contributed by atoms with E-state index in [1.54, 1.807) is 0 Å². The Balaban J connectivity index is 2.06. The van der Waals surface area contributed by atoms with E-state index in [9.17, 15) is 0 Å². The van der Waals surface area contributed by atoms with Crippen molar-refractivity contribution in [3.05, 3.63) is 18.3 Å². The molecule has 0 saturated heterocycles. The van der Waals surface area contributed by atoms with Crippen LogP contribution in [0.1, 0.15) is 45.0 Å². The Morgan fingerprint density at radius 2 is 2.16 bits per heavy atom. The number of nitrogens with zero attached hydrogens (tertiary/aromatic N) is 4. The summed E-state index contributed by atoms with van der Waals surface area (Å²) in [5, 5.41) is 0. The van der Waals surface area contributed by atoms with E-state index in [1.807, 2.05) is 12.5 Å². The largest absolute Gasteiger partial charge is 0.383 e. The molecular weight excluding hydrogens is 238 g/mol. The Morgan fingerprint density at radius 1 is 1.37 bits per heavy atom. The topological polar surface area (TPSA) is 61.7 Å². The quantitative estimate of drug-likeness (QED) is 0.897. The Morgan fingerprint density at radius 3 is 2.79 bits per heavy atom. The first-order chi connectivity index (χ1) is 9.26. The molecule has 5 nitrogen and oxygen atoms in total. The molecule has 1 saturated carbocycles. The summed E-state index contributed by atoms with van der Waals surface area (Å²) in [5.41, 5.74) is 8.26. The maximum Gasteiger partial charge on any atom is 0.133 e. The van der Waals surface area contributed by atoms with Crippen LogP contribution in [0.3, 0.4) is 0 Å². The first kappa shape index (κ1) is 12.3. The van der Waals surface area contributed by atoms with E-state index >= 15 is 0 Å². The van der Waals surface area contributed by atoms with Crippen LogP contribution in [0.25, 0.3) is 11.4 Å². The van der Waals surface area contributed by atoms with Gasteiger partial charge in [0.05, 0.1) is 18.2 Å². The summed E-state index contributed by atoms with van der Waals surface area (Å²) in [7, 11) is 0. The highest BCUT2D eigenvalue weighted by Gasteiger charge is 2.27. The molecule has 0 radical (unpaired) electrons. The first-order valence-electron chi connectivity index (χ1n) is 7.13. The molecule has 1 fully saturated rings. The number of nitrogen functional groups attached to an aromatic ring is 1. The molecule has 0 unspecified atom stereocenters. The van der Waals surface area contributed by atoms with Gasteiger partial charge in [0.2, 0.25) is 0 Å². The van der Waals surface area contributed by atoms with Crippen molar-refractivity contribution in [2.75, 3.05) is 5.73 Å².